The molecule has 0 aliphatic rings. The SMILES string of the molecule is CCc1cccc(OCC(=O)Nc2cc(C(F)(F)F)ccc2OCCOC)c1. The lowest BCUT2D eigenvalue weighted by molar-refractivity contribution is -0.137. The first-order valence-corrected chi connectivity index (χ1v) is 8.68. The van der Waals surface area contributed by atoms with Crippen molar-refractivity contribution in [1.82, 2.24) is 0 Å². The predicted molar refractivity (Wildman–Crippen MR) is 98.8 cm³/mol. The summed E-state index contributed by atoms with van der Waals surface area (Å²) in [6, 6.07) is 10.1. The number of anilines is 1. The van der Waals surface area contributed by atoms with Crippen LogP contribution in [0.2, 0.25) is 0 Å². The monoisotopic (exact) mass is 397 g/mol. The van der Waals surface area contributed by atoms with E-state index >= 15 is 0 Å². The van der Waals surface area contributed by atoms with E-state index in [1.807, 2.05) is 13.0 Å². The molecule has 2 aromatic carbocycles. The fourth-order valence-electron chi connectivity index (χ4n) is 2.36. The lowest BCUT2D eigenvalue weighted by atomic mass is 10.1. The Bertz CT molecular complexity index is 793. The van der Waals surface area contributed by atoms with E-state index in [1.165, 1.54) is 13.2 Å². The van der Waals surface area contributed by atoms with Crippen LogP contribution >= 0.6 is 0 Å². The Labute approximate surface area is 161 Å². The Morgan fingerprint density at radius 1 is 1.07 bits per heavy atom. The third kappa shape index (κ3) is 6.45. The highest BCUT2D eigenvalue weighted by Gasteiger charge is 2.31. The number of benzene rings is 2. The first-order chi connectivity index (χ1) is 13.3. The van der Waals surface area contributed by atoms with Gasteiger partial charge in [0, 0.05) is 7.11 Å². The van der Waals surface area contributed by atoms with Crippen LogP contribution in [0.5, 0.6) is 11.5 Å². The van der Waals surface area contributed by atoms with Gasteiger partial charge in [-0.3, -0.25) is 4.79 Å². The summed E-state index contributed by atoms with van der Waals surface area (Å²) in [5, 5.41) is 2.42. The highest BCUT2D eigenvalue weighted by molar-refractivity contribution is 5.93. The summed E-state index contributed by atoms with van der Waals surface area (Å²) in [6.45, 7) is 2.03. The van der Waals surface area contributed by atoms with E-state index in [1.54, 1.807) is 18.2 Å². The molecule has 28 heavy (non-hydrogen) atoms. The van der Waals surface area contributed by atoms with Crippen LogP contribution < -0.4 is 14.8 Å². The zero-order valence-electron chi connectivity index (χ0n) is 15.6. The van der Waals surface area contributed by atoms with Gasteiger partial charge in [-0.2, -0.15) is 13.2 Å². The van der Waals surface area contributed by atoms with Crippen LogP contribution in [0.4, 0.5) is 18.9 Å². The van der Waals surface area contributed by atoms with Gasteiger partial charge in [-0.1, -0.05) is 19.1 Å². The van der Waals surface area contributed by atoms with Crippen molar-refractivity contribution in [2.75, 3.05) is 32.2 Å². The number of amides is 1. The molecule has 0 unspecified atom stereocenters. The number of halogens is 3. The number of carbonyl (C=O) groups is 1. The lowest BCUT2D eigenvalue weighted by Gasteiger charge is -2.15. The first kappa shape index (κ1) is 21.6. The molecule has 0 saturated heterocycles. The number of hydrogen-bond donors (Lipinski definition) is 1. The molecule has 0 bridgehead atoms. The van der Waals surface area contributed by atoms with Crippen molar-refractivity contribution in [3.63, 3.8) is 0 Å². The lowest BCUT2D eigenvalue weighted by Crippen LogP contribution is -2.21. The second kappa shape index (κ2) is 9.98. The van der Waals surface area contributed by atoms with E-state index in [-0.39, 0.29) is 31.3 Å². The van der Waals surface area contributed by atoms with Gasteiger partial charge in [-0.15, -0.1) is 0 Å². The molecule has 1 N–H and O–H groups in total. The van der Waals surface area contributed by atoms with Crippen LogP contribution in [0, 0.1) is 0 Å². The van der Waals surface area contributed by atoms with E-state index in [0.29, 0.717) is 5.75 Å². The van der Waals surface area contributed by atoms with E-state index in [2.05, 4.69) is 5.32 Å². The minimum absolute atomic E-state index is 0.0816. The molecule has 0 heterocycles. The normalized spacial score (nSPS) is 11.2. The van der Waals surface area contributed by atoms with Crippen LogP contribution in [0.1, 0.15) is 18.1 Å². The van der Waals surface area contributed by atoms with E-state index in [9.17, 15) is 18.0 Å². The molecule has 2 rings (SSSR count). The predicted octanol–water partition coefficient (Wildman–Crippen LogP) is 4.31. The molecule has 5 nitrogen and oxygen atoms in total. The van der Waals surface area contributed by atoms with Crippen molar-refractivity contribution in [2.24, 2.45) is 0 Å². The van der Waals surface area contributed by atoms with Crippen molar-refractivity contribution < 1.29 is 32.2 Å². The van der Waals surface area contributed by atoms with Crippen LogP contribution in [0.3, 0.4) is 0 Å². The summed E-state index contributed by atoms with van der Waals surface area (Å²) in [5.74, 6) is 0.0271. The van der Waals surface area contributed by atoms with Gasteiger partial charge in [-0.25, -0.2) is 0 Å². The second-order valence-corrected chi connectivity index (χ2v) is 5.89. The Morgan fingerprint density at radius 3 is 2.54 bits per heavy atom. The molecule has 1 amide bonds. The summed E-state index contributed by atoms with van der Waals surface area (Å²) in [6.07, 6.45) is -3.72. The first-order valence-electron chi connectivity index (χ1n) is 8.68. The Morgan fingerprint density at radius 2 is 1.86 bits per heavy atom. The maximum absolute atomic E-state index is 13.0. The average molecular weight is 397 g/mol. The molecule has 152 valence electrons. The number of rotatable bonds is 9. The Balaban J connectivity index is 2.08. The zero-order valence-corrected chi connectivity index (χ0v) is 15.6. The van der Waals surface area contributed by atoms with Gasteiger partial charge < -0.3 is 19.5 Å². The molecule has 0 fully saturated rings. The molecule has 8 heteroatoms. The fourth-order valence-corrected chi connectivity index (χ4v) is 2.36. The van der Waals surface area contributed by atoms with Crippen molar-refractivity contribution in [3.8, 4) is 11.5 Å². The molecule has 2 aromatic rings. The number of methoxy groups -OCH3 is 1. The summed E-state index contributed by atoms with van der Waals surface area (Å²) in [4.78, 5) is 12.2. The molecular formula is C20H22F3NO4. The Kier molecular flexibility index (Phi) is 7.69. The van der Waals surface area contributed by atoms with Crippen LogP contribution in [0.15, 0.2) is 42.5 Å². The number of ether oxygens (including phenoxy) is 3. The molecule has 0 aliphatic carbocycles. The van der Waals surface area contributed by atoms with Gasteiger partial charge in [0.1, 0.15) is 18.1 Å². The summed E-state index contributed by atoms with van der Waals surface area (Å²) in [5.41, 5.74) is 0.0740. The molecule has 0 aliphatic heterocycles. The maximum atomic E-state index is 13.0. The largest absolute Gasteiger partial charge is 0.489 e. The number of nitrogens with one attached hydrogen (secondary N) is 1. The van der Waals surface area contributed by atoms with Crippen molar-refractivity contribution in [2.45, 2.75) is 19.5 Å². The topological polar surface area (TPSA) is 56.8 Å². The number of hydrogen-bond acceptors (Lipinski definition) is 4. The van der Waals surface area contributed by atoms with Gasteiger partial charge >= 0.3 is 6.18 Å². The summed E-state index contributed by atoms with van der Waals surface area (Å²) < 4.78 is 54.6. The maximum Gasteiger partial charge on any atom is 0.416 e. The average Bonchev–Trinajstić information content (AvgIpc) is 2.67. The minimum atomic E-state index is -4.54. The molecule has 0 saturated carbocycles. The smallest absolute Gasteiger partial charge is 0.416 e. The van der Waals surface area contributed by atoms with Crippen LogP contribution in [-0.4, -0.2) is 32.8 Å². The number of alkyl halides is 3. The fraction of sp³-hybridized carbons (Fsp3) is 0.350. The molecule has 0 spiro atoms. The van der Waals surface area contributed by atoms with E-state index < -0.39 is 17.6 Å². The zero-order chi connectivity index (χ0) is 20.6. The van der Waals surface area contributed by atoms with Crippen molar-refractivity contribution >= 4 is 11.6 Å². The van der Waals surface area contributed by atoms with Gasteiger partial charge in [0.15, 0.2) is 6.61 Å². The molecular weight excluding hydrogens is 375 g/mol. The van der Waals surface area contributed by atoms with Gasteiger partial charge in [0.25, 0.3) is 5.91 Å². The standard InChI is InChI=1S/C20H22F3NO4/c1-3-14-5-4-6-16(11-14)28-13-19(25)24-17-12-15(20(21,22)23)7-8-18(17)27-10-9-26-2/h4-8,11-12H,3,9-10,13H2,1-2H3,(H,24,25). The van der Waals surface area contributed by atoms with E-state index in [0.717, 1.165) is 24.1 Å². The van der Waals surface area contributed by atoms with Gasteiger partial charge in [0.05, 0.1) is 17.9 Å². The number of carbonyl (C=O) groups excluding carboxylic acids is 1. The van der Waals surface area contributed by atoms with Crippen molar-refractivity contribution in [1.29, 1.82) is 0 Å². The Hall–Kier alpha value is -2.74. The van der Waals surface area contributed by atoms with E-state index in [4.69, 9.17) is 14.2 Å². The number of aryl methyl sites for hydroxylation is 1. The highest BCUT2D eigenvalue weighted by Crippen LogP contribution is 2.35. The molecule has 0 radical (unpaired) electrons. The quantitative estimate of drug-likeness (QED) is 0.641. The molecule has 0 aromatic heterocycles. The second-order valence-electron chi connectivity index (χ2n) is 5.89. The minimum Gasteiger partial charge on any atom is -0.489 e. The van der Waals surface area contributed by atoms with Gasteiger partial charge in [-0.05, 0) is 42.3 Å². The van der Waals surface area contributed by atoms with Crippen LogP contribution in [0.25, 0.3) is 0 Å². The van der Waals surface area contributed by atoms with Crippen molar-refractivity contribution in [3.05, 3.63) is 53.6 Å². The molecule has 0 atom stereocenters. The third-order valence-corrected chi connectivity index (χ3v) is 3.80. The summed E-state index contributed by atoms with van der Waals surface area (Å²) >= 11 is 0. The summed E-state index contributed by atoms with van der Waals surface area (Å²) in [7, 11) is 1.48. The van der Waals surface area contributed by atoms with Crippen LogP contribution in [-0.2, 0) is 22.1 Å². The highest BCUT2D eigenvalue weighted by atomic mass is 19.4. The van der Waals surface area contributed by atoms with Gasteiger partial charge in [0.2, 0.25) is 0 Å². The third-order valence-electron chi connectivity index (χ3n) is 3.80.